The monoisotopic (exact) mass is 334 g/mol. The number of amides is 1. The normalized spacial score (nSPS) is 10.2. The van der Waals surface area contributed by atoms with Crippen molar-refractivity contribution in [1.82, 2.24) is 0 Å². The number of nitrogen functional groups attached to an aromatic ring is 1. The fourth-order valence-corrected chi connectivity index (χ4v) is 2.18. The highest BCUT2D eigenvalue weighted by atomic mass is 79.9. The molecule has 0 aromatic heterocycles. The molecule has 2 aromatic rings. The van der Waals surface area contributed by atoms with E-state index in [0.717, 1.165) is 10.0 Å². The SMILES string of the molecule is COc1cc(Br)ccc1C(=O)Nc1ccc(C)cc1N. The molecule has 0 saturated heterocycles. The van der Waals surface area contributed by atoms with Crippen LogP contribution in [0.3, 0.4) is 0 Å². The first-order valence-corrected chi connectivity index (χ1v) is 6.81. The van der Waals surface area contributed by atoms with Gasteiger partial charge in [0.15, 0.2) is 0 Å². The fourth-order valence-electron chi connectivity index (χ4n) is 1.84. The maximum atomic E-state index is 12.3. The summed E-state index contributed by atoms with van der Waals surface area (Å²) in [5.74, 6) is 0.243. The van der Waals surface area contributed by atoms with E-state index in [1.165, 1.54) is 7.11 Å². The first kappa shape index (κ1) is 14.4. The molecule has 0 aliphatic rings. The predicted molar refractivity (Wildman–Crippen MR) is 84.2 cm³/mol. The van der Waals surface area contributed by atoms with Crippen molar-refractivity contribution in [3.8, 4) is 5.75 Å². The van der Waals surface area contributed by atoms with Gasteiger partial charge in [0.1, 0.15) is 5.75 Å². The van der Waals surface area contributed by atoms with Crippen LogP contribution in [0.5, 0.6) is 5.75 Å². The van der Waals surface area contributed by atoms with Crippen molar-refractivity contribution < 1.29 is 9.53 Å². The summed E-state index contributed by atoms with van der Waals surface area (Å²) in [5.41, 5.74) is 8.51. The number of carbonyl (C=O) groups is 1. The summed E-state index contributed by atoms with van der Waals surface area (Å²) in [5, 5.41) is 2.79. The van der Waals surface area contributed by atoms with Crippen molar-refractivity contribution in [3.63, 3.8) is 0 Å². The smallest absolute Gasteiger partial charge is 0.259 e. The molecular formula is C15H15BrN2O2. The van der Waals surface area contributed by atoms with Crippen LogP contribution in [-0.4, -0.2) is 13.0 Å². The molecule has 0 heterocycles. The minimum Gasteiger partial charge on any atom is -0.496 e. The molecule has 104 valence electrons. The number of anilines is 2. The summed E-state index contributed by atoms with van der Waals surface area (Å²) in [4.78, 5) is 12.3. The third kappa shape index (κ3) is 3.11. The van der Waals surface area contributed by atoms with Gasteiger partial charge in [0, 0.05) is 4.47 Å². The lowest BCUT2D eigenvalue weighted by atomic mass is 10.1. The minimum atomic E-state index is -0.259. The molecule has 0 aliphatic heterocycles. The molecule has 4 nitrogen and oxygen atoms in total. The molecule has 2 rings (SSSR count). The first-order chi connectivity index (χ1) is 9.51. The Hall–Kier alpha value is -2.01. The standard InChI is InChI=1S/C15H15BrN2O2/c1-9-3-6-13(12(17)7-9)18-15(19)11-5-4-10(16)8-14(11)20-2/h3-8H,17H2,1-2H3,(H,18,19). The van der Waals surface area contributed by atoms with Gasteiger partial charge in [0.2, 0.25) is 0 Å². The highest BCUT2D eigenvalue weighted by Gasteiger charge is 2.13. The van der Waals surface area contributed by atoms with Crippen LogP contribution in [0, 0.1) is 6.92 Å². The number of benzene rings is 2. The van der Waals surface area contributed by atoms with Gasteiger partial charge in [0.05, 0.1) is 24.0 Å². The number of rotatable bonds is 3. The molecule has 0 bridgehead atoms. The van der Waals surface area contributed by atoms with Crippen LogP contribution in [0.1, 0.15) is 15.9 Å². The van der Waals surface area contributed by atoms with E-state index in [4.69, 9.17) is 10.5 Å². The Bertz CT molecular complexity index is 656. The van der Waals surface area contributed by atoms with Crippen molar-refractivity contribution in [3.05, 3.63) is 52.0 Å². The van der Waals surface area contributed by atoms with E-state index in [1.54, 1.807) is 24.3 Å². The molecule has 5 heteroatoms. The number of halogens is 1. The number of hydrogen-bond acceptors (Lipinski definition) is 3. The van der Waals surface area contributed by atoms with E-state index in [0.29, 0.717) is 22.7 Å². The van der Waals surface area contributed by atoms with Crippen LogP contribution in [-0.2, 0) is 0 Å². The minimum absolute atomic E-state index is 0.259. The lowest BCUT2D eigenvalue weighted by Crippen LogP contribution is -2.14. The highest BCUT2D eigenvalue weighted by molar-refractivity contribution is 9.10. The molecular weight excluding hydrogens is 320 g/mol. The van der Waals surface area contributed by atoms with E-state index < -0.39 is 0 Å². The van der Waals surface area contributed by atoms with E-state index >= 15 is 0 Å². The van der Waals surface area contributed by atoms with Gasteiger partial charge in [-0.2, -0.15) is 0 Å². The van der Waals surface area contributed by atoms with E-state index in [-0.39, 0.29) is 5.91 Å². The number of methoxy groups -OCH3 is 1. The highest BCUT2D eigenvalue weighted by Crippen LogP contribution is 2.26. The van der Waals surface area contributed by atoms with E-state index in [2.05, 4.69) is 21.2 Å². The summed E-state index contributed by atoms with van der Waals surface area (Å²) >= 11 is 3.34. The lowest BCUT2D eigenvalue weighted by Gasteiger charge is -2.11. The summed E-state index contributed by atoms with van der Waals surface area (Å²) < 4.78 is 6.06. The average molecular weight is 335 g/mol. The maximum absolute atomic E-state index is 12.3. The molecule has 0 saturated carbocycles. The van der Waals surface area contributed by atoms with Gasteiger partial charge in [-0.1, -0.05) is 22.0 Å². The predicted octanol–water partition coefficient (Wildman–Crippen LogP) is 3.60. The van der Waals surface area contributed by atoms with Gasteiger partial charge in [-0.25, -0.2) is 0 Å². The second-order valence-corrected chi connectivity index (χ2v) is 5.31. The van der Waals surface area contributed by atoms with Crippen molar-refractivity contribution in [2.75, 3.05) is 18.2 Å². The number of carbonyl (C=O) groups excluding carboxylic acids is 1. The lowest BCUT2D eigenvalue weighted by molar-refractivity contribution is 0.102. The van der Waals surface area contributed by atoms with Crippen molar-refractivity contribution in [1.29, 1.82) is 0 Å². The maximum Gasteiger partial charge on any atom is 0.259 e. The van der Waals surface area contributed by atoms with Gasteiger partial charge in [-0.15, -0.1) is 0 Å². The molecule has 20 heavy (non-hydrogen) atoms. The Morgan fingerprint density at radius 1 is 1.25 bits per heavy atom. The van der Waals surface area contributed by atoms with Gasteiger partial charge < -0.3 is 15.8 Å². The van der Waals surface area contributed by atoms with Gasteiger partial charge in [0.25, 0.3) is 5.91 Å². The summed E-state index contributed by atoms with van der Waals surface area (Å²) in [6.07, 6.45) is 0. The molecule has 1 amide bonds. The van der Waals surface area contributed by atoms with Gasteiger partial charge >= 0.3 is 0 Å². The first-order valence-electron chi connectivity index (χ1n) is 6.02. The zero-order valence-corrected chi connectivity index (χ0v) is 12.8. The molecule has 0 fully saturated rings. The van der Waals surface area contributed by atoms with Crippen molar-refractivity contribution in [2.45, 2.75) is 6.92 Å². The third-order valence-electron chi connectivity index (χ3n) is 2.86. The van der Waals surface area contributed by atoms with E-state index in [1.807, 2.05) is 19.1 Å². The Labute approximate surface area is 126 Å². The zero-order chi connectivity index (χ0) is 14.7. The molecule has 0 aliphatic carbocycles. The molecule has 0 atom stereocenters. The summed E-state index contributed by atoms with van der Waals surface area (Å²) in [7, 11) is 1.53. The Morgan fingerprint density at radius 3 is 2.65 bits per heavy atom. The molecule has 2 aromatic carbocycles. The number of hydrogen-bond donors (Lipinski definition) is 2. The van der Waals surface area contributed by atoms with Crippen LogP contribution in [0.15, 0.2) is 40.9 Å². The Balaban J connectivity index is 2.28. The average Bonchev–Trinajstić information content (AvgIpc) is 2.41. The van der Waals surface area contributed by atoms with Crippen molar-refractivity contribution in [2.24, 2.45) is 0 Å². The largest absolute Gasteiger partial charge is 0.496 e. The summed E-state index contributed by atoms with van der Waals surface area (Å²) in [6, 6.07) is 10.7. The van der Waals surface area contributed by atoms with Crippen LogP contribution in [0.2, 0.25) is 0 Å². The molecule has 0 radical (unpaired) electrons. The van der Waals surface area contributed by atoms with Crippen LogP contribution >= 0.6 is 15.9 Å². The number of nitrogens with one attached hydrogen (secondary N) is 1. The zero-order valence-electron chi connectivity index (χ0n) is 11.2. The topological polar surface area (TPSA) is 64.3 Å². The Kier molecular flexibility index (Phi) is 4.29. The van der Waals surface area contributed by atoms with Gasteiger partial charge in [-0.05, 0) is 42.8 Å². The Morgan fingerprint density at radius 2 is 2.00 bits per heavy atom. The fraction of sp³-hybridized carbons (Fsp3) is 0.133. The van der Waals surface area contributed by atoms with Crippen LogP contribution < -0.4 is 15.8 Å². The number of aryl methyl sites for hydroxylation is 1. The second-order valence-electron chi connectivity index (χ2n) is 4.39. The summed E-state index contributed by atoms with van der Waals surface area (Å²) in [6.45, 7) is 1.94. The van der Waals surface area contributed by atoms with Crippen LogP contribution in [0.4, 0.5) is 11.4 Å². The third-order valence-corrected chi connectivity index (χ3v) is 3.36. The molecule has 3 N–H and O–H groups in total. The molecule has 0 spiro atoms. The quantitative estimate of drug-likeness (QED) is 0.843. The second kappa shape index (κ2) is 5.96. The number of ether oxygens (including phenoxy) is 1. The van der Waals surface area contributed by atoms with Gasteiger partial charge in [-0.3, -0.25) is 4.79 Å². The van der Waals surface area contributed by atoms with Crippen molar-refractivity contribution >= 4 is 33.2 Å². The van der Waals surface area contributed by atoms with Crippen LogP contribution in [0.25, 0.3) is 0 Å². The number of nitrogens with two attached hydrogens (primary N) is 1. The molecule has 0 unspecified atom stereocenters. The van der Waals surface area contributed by atoms with E-state index in [9.17, 15) is 4.79 Å².